The van der Waals surface area contributed by atoms with E-state index in [2.05, 4.69) is 5.32 Å². The third-order valence-corrected chi connectivity index (χ3v) is 4.33. The smallest absolute Gasteiger partial charge is 0.410 e. The Morgan fingerprint density at radius 2 is 2.00 bits per heavy atom. The molecule has 0 aromatic rings. The van der Waals surface area contributed by atoms with Gasteiger partial charge >= 0.3 is 6.09 Å². The van der Waals surface area contributed by atoms with Crippen molar-refractivity contribution in [1.82, 2.24) is 10.2 Å². The van der Waals surface area contributed by atoms with Gasteiger partial charge in [0, 0.05) is 37.9 Å². The van der Waals surface area contributed by atoms with Crippen LogP contribution < -0.4 is 5.32 Å². The maximum atomic E-state index is 12.3. The van der Waals surface area contributed by atoms with Crippen LogP contribution in [-0.2, 0) is 4.74 Å². The van der Waals surface area contributed by atoms with Crippen LogP contribution in [0.4, 0.5) is 13.6 Å². The van der Waals surface area contributed by atoms with Crippen molar-refractivity contribution in [3.8, 4) is 0 Å². The van der Waals surface area contributed by atoms with Crippen LogP contribution in [-0.4, -0.2) is 48.2 Å². The fourth-order valence-electron chi connectivity index (χ4n) is 3.56. The van der Waals surface area contributed by atoms with Crippen LogP contribution in [0.2, 0.25) is 0 Å². The van der Waals surface area contributed by atoms with Gasteiger partial charge in [0.05, 0.1) is 6.54 Å². The van der Waals surface area contributed by atoms with Gasteiger partial charge in [-0.15, -0.1) is 12.4 Å². The first kappa shape index (κ1) is 14.8. The van der Waals surface area contributed by atoms with Crippen LogP contribution in [0.15, 0.2) is 0 Å². The lowest BCUT2D eigenvalue weighted by Gasteiger charge is -2.45. The van der Waals surface area contributed by atoms with Gasteiger partial charge in [-0.1, -0.05) is 0 Å². The second-order valence-corrected chi connectivity index (χ2v) is 5.68. The highest BCUT2D eigenvalue weighted by atomic mass is 35.5. The second-order valence-electron chi connectivity index (χ2n) is 5.68. The van der Waals surface area contributed by atoms with E-state index in [4.69, 9.17) is 4.74 Å². The summed E-state index contributed by atoms with van der Waals surface area (Å²) >= 11 is 0. The van der Waals surface area contributed by atoms with Crippen molar-refractivity contribution >= 4 is 18.5 Å². The molecule has 1 spiro atoms. The molecule has 0 radical (unpaired) electrons. The number of nitrogens with zero attached hydrogens (tertiary/aromatic N) is 1. The van der Waals surface area contributed by atoms with Gasteiger partial charge in [0.15, 0.2) is 0 Å². The molecular weight excluding hydrogens is 278 g/mol. The first-order valence-electron chi connectivity index (χ1n) is 6.58. The fourth-order valence-corrected chi connectivity index (χ4v) is 3.56. The van der Waals surface area contributed by atoms with Crippen molar-refractivity contribution in [2.75, 3.05) is 13.1 Å². The monoisotopic (exact) mass is 296 g/mol. The zero-order valence-electron chi connectivity index (χ0n) is 10.6. The summed E-state index contributed by atoms with van der Waals surface area (Å²) in [5.74, 6) is 0. The number of fused-ring (bicyclic) bond motifs is 2. The molecule has 2 bridgehead atoms. The predicted molar refractivity (Wildman–Crippen MR) is 67.8 cm³/mol. The number of carbonyl (C=O) groups is 1. The lowest BCUT2D eigenvalue weighted by molar-refractivity contribution is -0.0809. The number of rotatable bonds is 2. The molecule has 1 amide bonds. The molecular formula is C12H19ClF2N2O2. The number of amides is 1. The predicted octanol–water partition coefficient (Wildman–Crippen LogP) is 2.17. The highest BCUT2D eigenvalue weighted by Gasteiger charge is 2.49. The van der Waals surface area contributed by atoms with E-state index in [1.54, 1.807) is 0 Å². The summed E-state index contributed by atoms with van der Waals surface area (Å²) in [7, 11) is 0. The molecule has 3 rings (SSSR count). The third-order valence-electron chi connectivity index (χ3n) is 4.33. The number of carbonyl (C=O) groups excluding carboxylic acids is 1. The molecule has 3 heterocycles. The Morgan fingerprint density at radius 1 is 1.37 bits per heavy atom. The lowest BCUT2D eigenvalue weighted by Crippen LogP contribution is -2.57. The first-order valence-corrected chi connectivity index (χ1v) is 6.58. The molecule has 3 aliphatic heterocycles. The Labute approximate surface area is 117 Å². The number of hydrogen-bond acceptors (Lipinski definition) is 3. The summed E-state index contributed by atoms with van der Waals surface area (Å²) in [6, 6.07) is 0.858. The van der Waals surface area contributed by atoms with Crippen LogP contribution in [0.1, 0.15) is 32.1 Å². The van der Waals surface area contributed by atoms with Gasteiger partial charge in [0.1, 0.15) is 5.60 Å². The molecule has 110 valence electrons. The molecule has 0 aromatic heterocycles. The van der Waals surface area contributed by atoms with E-state index in [0.717, 1.165) is 30.6 Å². The number of hydrogen-bond donors (Lipinski definition) is 1. The summed E-state index contributed by atoms with van der Waals surface area (Å²) in [6.07, 6.45) is 1.55. The van der Waals surface area contributed by atoms with Crippen molar-refractivity contribution in [3.05, 3.63) is 0 Å². The SMILES string of the molecule is Cl.O=C1OC2(CCN1CC(F)F)C[C@H]1CC[C@@H](C2)N1. The van der Waals surface area contributed by atoms with Gasteiger partial charge in [-0.3, -0.25) is 0 Å². The van der Waals surface area contributed by atoms with Gasteiger partial charge < -0.3 is 15.0 Å². The van der Waals surface area contributed by atoms with Crippen LogP contribution in [0.25, 0.3) is 0 Å². The van der Waals surface area contributed by atoms with Gasteiger partial charge in [0.25, 0.3) is 6.43 Å². The van der Waals surface area contributed by atoms with E-state index < -0.39 is 24.7 Å². The van der Waals surface area contributed by atoms with Crippen molar-refractivity contribution in [2.24, 2.45) is 0 Å². The quantitative estimate of drug-likeness (QED) is 0.849. The number of halogens is 3. The van der Waals surface area contributed by atoms with E-state index in [1.807, 2.05) is 0 Å². The van der Waals surface area contributed by atoms with E-state index in [1.165, 1.54) is 0 Å². The standard InChI is InChI=1S/C12H18F2N2O2.ClH/c13-10(14)7-16-4-3-12(18-11(16)17)5-8-1-2-9(6-12)15-8;/h8-10,15H,1-7H2;1H/t8-,9+,12?;. The zero-order valence-corrected chi connectivity index (χ0v) is 11.4. The number of piperidine rings is 1. The molecule has 1 unspecified atom stereocenters. The summed E-state index contributed by atoms with van der Waals surface area (Å²) in [4.78, 5) is 12.9. The Kier molecular flexibility index (Phi) is 4.20. The average molecular weight is 297 g/mol. The maximum absolute atomic E-state index is 12.3. The minimum absolute atomic E-state index is 0. The highest BCUT2D eigenvalue weighted by molar-refractivity contribution is 5.85. The first-order chi connectivity index (χ1) is 8.56. The topological polar surface area (TPSA) is 41.6 Å². The van der Waals surface area contributed by atoms with Crippen molar-refractivity contribution < 1.29 is 18.3 Å². The third kappa shape index (κ3) is 2.94. The van der Waals surface area contributed by atoms with E-state index >= 15 is 0 Å². The van der Waals surface area contributed by atoms with Gasteiger partial charge in [-0.25, -0.2) is 13.6 Å². The minimum atomic E-state index is -2.49. The Morgan fingerprint density at radius 3 is 2.53 bits per heavy atom. The number of nitrogens with one attached hydrogen (secondary N) is 1. The molecule has 3 atom stereocenters. The van der Waals surface area contributed by atoms with Crippen LogP contribution in [0.5, 0.6) is 0 Å². The van der Waals surface area contributed by atoms with E-state index in [-0.39, 0.29) is 12.4 Å². The molecule has 0 saturated carbocycles. The van der Waals surface area contributed by atoms with Gasteiger partial charge in [-0.05, 0) is 12.8 Å². The van der Waals surface area contributed by atoms with Crippen LogP contribution in [0.3, 0.4) is 0 Å². The molecule has 3 aliphatic rings. The largest absolute Gasteiger partial charge is 0.443 e. The van der Waals surface area contributed by atoms with Crippen LogP contribution in [0, 0.1) is 0 Å². The maximum Gasteiger partial charge on any atom is 0.410 e. The van der Waals surface area contributed by atoms with Gasteiger partial charge in [-0.2, -0.15) is 0 Å². The highest BCUT2D eigenvalue weighted by Crippen LogP contribution is 2.41. The fraction of sp³-hybridized carbons (Fsp3) is 0.917. The molecule has 0 aliphatic carbocycles. The Hall–Kier alpha value is -0.620. The molecule has 1 N–H and O–H groups in total. The molecule has 3 fully saturated rings. The summed E-state index contributed by atoms with van der Waals surface area (Å²) < 4.78 is 30.1. The molecule has 4 nitrogen and oxygen atoms in total. The van der Waals surface area contributed by atoms with E-state index in [9.17, 15) is 13.6 Å². The zero-order chi connectivity index (χ0) is 12.8. The van der Waals surface area contributed by atoms with Crippen molar-refractivity contribution in [3.63, 3.8) is 0 Å². The van der Waals surface area contributed by atoms with Crippen molar-refractivity contribution in [1.29, 1.82) is 0 Å². The van der Waals surface area contributed by atoms with E-state index in [0.29, 0.717) is 25.0 Å². The summed E-state index contributed by atoms with van der Waals surface area (Å²) in [5, 5.41) is 3.50. The molecule has 7 heteroatoms. The number of ether oxygens (including phenoxy) is 1. The summed E-state index contributed by atoms with van der Waals surface area (Å²) in [6.45, 7) is -0.122. The molecule has 3 saturated heterocycles. The average Bonchev–Trinajstić information content (AvgIpc) is 2.63. The Bertz CT molecular complexity index is 345. The summed E-state index contributed by atoms with van der Waals surface area (Å²) in [5.41, 5.74) is -0.396. The van der Waals surface area contributed by atoms with Gasteiger partial charge in [0.2, 0.25) is 0 Å². The normalized spacial score (nSPS) is 37.4. The van der Waals surface area contributed by atoms with Crippen LogP contribution >= 0.6 is 12.4 Å². The second kappa shape index (κ2) is 5.40. The molecule has 19 heavy (non-hydrogen) atoms. The lowest BCUT2D eigenvalue weighted by atomic mass is 9.83. The number of alkyl halides is 2. The van der Waals surface area contributed by atoms with Crippen molar-refractivity contribution in [2.45, 2.75) is 56.2 Å². The molecule has 0 aromatic carbocycles. The Balaban J connectivity index is 0.00000133. The minimum Gasteiger partial charge on any atom is -0.443 e.